The Morgan fingerprint density at radius 2 is 2.00 bits per heavy atom. The molecule has 0 aromatic carbocycles. The molecule has 3 atom stereocenters. The smallest absolute Gasteiger partial charge is 0.241 e. The van der Waals surface area contributed by atoms with Crippen LogP contribution < -0.4 is 11.5 Å². The van der Waals surface area contributed by atoms with Gasteiger partial charge in [-0.15, -0.1) is 6.42 Å². The van der Waals surface area contributed by atoms with Gasteiger partial charge in [-0.3, -0.25) is 4.79 Å². The zero-order chi connectivity index (χ0) is 13.1. The Kier molecular flexibility index (Phi) is 4.26. The Labute approximate surface area is 109 Å². The minimum absolute atomic E-state index is 0.0119. The van der Waals surface area contributed by atoms with Crippen molar-refractivity contribution in [3.8, 4) is 12.3 Å². The van der Waals surface area contributed by atoms with Crippen molar-refractivity contribution >= 4 is 5.91 Å². The first kappa shape index (κ1) is 13.4. The molecule has 18 heavy (non-hydrogen) atoms. The predicted molar refractivity (Wildman–Crippen MR) is 71.5 cm³/mol. The summed E-state index contributed by atoms with van der Waals surface area (Å²) in [5.41, 5.74) is 11.9. The number of nitrogens with two attached hydrogens (primary N) is 2. The van der Waals surface area contributed by atoms with Crippen molar-refractivity contribution in [2.75, 3.05) is 6.54 Å². The molecule has 0 unspecified atom stereocenters. The number of terminal acetylenes is 1. The number of carbonyl (C=O) groups is 1. The molecular weight excluding hydrogens is 226 g/mol. The molecule has 0 bridgehead atoms. The summed E-state index contributed by atoms with van der Waals surface area (Å²) >= 11 is 0. The third-order valence-corrected chi connectivity index (χ3v) is 4.41. The standard InChI is InChI=1S/C14H23N3O/c1-2-11-7-8-12(9-15)17(11)14(18)13(16)10-5-3-4-6-10/h1,10-13H,3-9,15-16H2/t11-,12-,13-/m0/s1. The highest BCUT2D eigenvalue weighted by atomic mass is 16.2. The summed E-state index contributed by atoms with van der Waals surface area (Å²) in [5.74, 6) is 3.04. The van der Waals surface area contributed by atoms with E-state index in [0.29, 0.717) is 12.5 Å². The molecule has 0 spiro atoms. The van der Waals surface area contributed by atoms with E-state index in [1.54, 1.807) is 4.90 Å². The SMILES string of the molecule is C#C[C@H]1CC[C@@H](CN)N1C(=O)[C@@H](N)C1CCCC1. The van der Waals surface area contributed by atoms with Gasteiger partial charge in [0.1, 0.15) is 0 Å². The van der Waals surface area contributed by atoms with Crippen molar-refractivity contribution in [1.82, 2.24) is 4.90 Å². The van der Waals surface area contributed by atoms with Gasteiger partial charge in [0.05, 0.1) is 12.1 Å². The van der Waals surface area contributed by atoms with Gasteiger partial charge in [0.2, 0.25) is 5.91 Å². The van der Waals surface area contributed by atoms with Crippen LogP contribution in [0.2, 0.25) is 0 Å². The van der Waals surface area contributed by atoms with Gasteiger partial charge in [-0.1, -0.05) is 18.8 Å². The van der Waals surface area contributed by atoms with Crippen molar-refractivity contribution in [3.63, 3.8) is 0 Å². The molecular formula is C14H23N3O. The Bertz CT molecular complexity index is 343. The Hall–Kier alpha value is -1.05. The fourth-order valence-electron chi connectivity index (χ4n) is 3.30. The van der Waals surface area contributed by atoms with Gasteiger partial charge >= 0.3 is 0 Å². The fraction of sp³-hybridized carbons (Fsp3) is 0.786. The zero-order valence-corrected chi connectivity index (χ0v) is 10.8. The molecule has 2 rings (SSSR count). The summed E-state index contributed by atoms with van der Waals surface area (Å²) in [5, 5.41) is 0. The monoisotopic (exact) mass is 249 g/mol. The summed E-state index contributed by atoms with van der Waals surface area (Å²) in [6, 6.07) is -0.431. The highest BCUT2D eigenvalue weighted by Gasteiger charge is 2.39. The largest absolute Gasteiger partial charge is 0.328 e. The Morgan fingerprint density at radius 3 is 2.56 bits per heavy atom. The van der Waals surface area contributed by atoms with Crippen LogP contribution in [-0.4, -0.2) is 35.5 Å². The van der Waals surface area contributed by atoms with Crippen molar-refractivity contribution in [3.05, 3.63) is 0 Å². The second-order valence-corrected chi connectivity index (χ2v) is 5.47. The van der Waals surface area contributed by atoms with Crippen LogP contribution >= 0.6 is 0 Å². The number of nitrogens with zero attached hydrogens (tertiary/aromatic N) is 1. The first-order chi connectivity index (χ1) is 8.69. The molecule has 4 N–H and O–H groups in total. The van der Waals surface area contributed by atoms with E-state index in [1.807, 2.05) is 0 Å². The zero-order valence-electron chi connectivity index (χ0n) is 10.8. The molecule has 100 valence electrons. The average molecular weight is 249 g/mol. The van der Waals surface area contributed by atoms with Gasteiger partial charge < -0.3 is 16.4 Å². The van der Waals surface area contributed by atoms with E-state index in [4.69, 9.17) is 17.9 Å². The summed E-state index contributed by atoms with van der Waals surface area (Å²) in [7, 11) is 0. The fourth-order valence-corrected chi connectivity index (χ4v) is 3.30. The number of rotatable bonds is 3. The van der Waals surface area contributed by atoms with Crippen LogP contribution in [0.3, 0.4) is 0 Å². The van der Waals surface area contributed by atoms with Crippen LogP contribution in [0.4, 0.5) is 0 Å². The summed E-state index contributed by atoms with van der Waals surface area (Å²) in [4.78, 5) is 14.3. The summed E-state index contributed by atoms with van der Waals surface area (Å²) in [6.07, 6.45) is 11.8. The maximum atomic E-state index is 12.5. The normalized spacial score (nSPS) is 30.4. The summed E-state index contributed by atoms with van der Waals surface area (Å²) in [6.45, 7) is 0.474. The van der Waals surface area contributed by atoms with Crippen LogP contribution in [0.15, 0.2) is 0 Å². The molecule has 1 aliphatic heterocycles. The van der Waals surface area contributed by atoms with Crippen molar-refractivity contribution in [2.45, 2.75) is 56.7 Å². The van der Waals surface area contributed by atoms with Crippen LogP contribution in [-0.2, 0) is 4.79 Å². The van der Waals surface area contributed by atoms with Gasteiger partial charge in [-0.05, 0) is 31.6 Å². The number of likely N-dealkylation sites (tertiary alicyclic amines) is 1. The van der Waals surface area contributed by atoms with Gasteiger partial charge in [0, 0.05) is 12.6 Å². The quantitative estimate of drug-likeness (QED) is 0.714. The van der Waals surface area contributed by atoms with Crippen LogP contribution in [0.25, 0.3) is 0 Å². The van der Waals surface area contributed by atoms with E-state index >= 15 is 0 Å². The number of hydrogen-bond acceptors (Lipinski definition) is 3. The van der Waals surface area contributed by atoms with Crippen molar-refractivity contribution in [1.29, 1.82) is 0 Å². The van der Waals surface area contributed by atoms with Gasteiger partial charge in [0.25, 0.3) is 0 Å². The molecule has 2 aliphatic rings. The maximum absolute atomic E-state index is 12.5. The molecule has 2 fully saturated rings. The molecule has 4 heteroatoms. The number of carbonyl (C=O) groups excluding carboxylic acids is 1. The second kappa shape index (κ2) is 5.73. The van der Waals surface area contributed by atoms with Crippen molar-refractivity contribution < 1.29 is 4.79 Å². The Morgan fingerprint density at radius 1 is 1.33 bits per heavy atom. The van der Waals surface area contributed by atoms with Gasteiger partial charge in [0.15, 0.2) is 0 Å². The van der Waals surface area contributed by atoms with Gasteiger partial charge in [-0.2, -0.15) is 0 Å². The van der Waals surface area contributed by atoms with Crippen molar-refractivity contribution in [2.24, 2.45) is 17.4 Å². The lowest BCUT2D eigenvalue weighted by molar-refractivity contribution is -0.135. The highest BCUT2D eigenvalue weighted by Crippen LogP contribution is 2.30. The van der Waals surface area contributed by atoms with Crippen LogP contribution in [0, 0.1) is 18.3 Å². The minimum Gasteiger partial charge on any atom is -0.328 e. The minimum atomic E-state index is -0.393. The number of hydrogen-bond donors (Lipinski definition) is 2. The second-order valence-electron chi connectivity index (χ2n) is 5.47. The topological polar surface area (TPSA) is 72.3 Å². The molecule has 0 aromatic heterocycles. The third-order valence-electron chi connectivity index (χ3n) is 4.41. The molecule has 1 saturated carbocycles. The maximum Gasteiger partial charge on any atom is 0.241 e. The van der Waals surface area contributed by atoms with E-state index in [-0.39, 0.29) is 18.0 Å². The lowest BCUT2D eigenvalue weighted by Crippen LogP contribution is -2.53. The lowest BCUT2D eigenvalue weighted by atomic mass is 9.97. The molecule has 1 heterocycles. The molecule has 0 radical (unpaired) electrons. The predicted octanol–water partition coefficient (Wildman–Crippen LogP) is 0.455. The molecule has 4 nitrogen and oxygen atoms in total. The Balaban J connectivity index is 2.07. The highest BCUT2D eigenvalue weighted by molar-refractivity contribution is 5.83. The van der Waals surface area contributed by atoms with E-state index in [2.05, 4.69) is 5.92 Å². The first-order valence-corrected chi connectivity index (χ1v) is 6.93. The lowest BCUT2D eigenvalue weighted by Gasteiger charge is -2.31. The van der Waals surface area contributed by atoms with E-state index in [0.717, 1.165) is 25.7 Å². The van der Waals surface area contributed by atoms with E-state index in [9.17, 15) is 4.79 Å². The average Bonchev–Trinajstić information content (AvgIpc) is 3.05. The molecule has 1 amide bonds. The molecule has 1 aliphatic carbocycles. The molecule has 0 aromatic rings. The molecule has 1 saturated heterocycles. The van der Waals surface area contributed by atoms with Gasteiger partial charge in [-0.25, -0.2) is 0 Å². The van der Waals surface area contributed by atoms with Crippen LogP contribution in [0.1, 0.15) is 38.5 Å². The third kappa shape index (κ3) is 2.38. The summed E-state index contributed by atoms with van der Waals surface area (Å²) < 4.78 is 0. The van der Waals surface area contributed by atoms with E-state index in [1.165, 1.54) is 12.8 Å². The number of amides is 1. The first-order valence-electron chi connectivity index (χ1n) is 6.93. The van der Waals surface area contributed by atoms with Crippen LogP contribution in [0.5, 0.6) is 0 Å². The van der Waals surface area contributed by atoms with E-state index < -0.39 is 6.04 Å².